The van der Waals surface area contributed by atoms with E-state index < -0.39 is 0 Å². The van der Waals surface area contributed by atoms with Gasteiger partial charge in [-0.15, -0.1) is 24.0 Å². The molecule has 0 radical (unpaired) electrons. The molecule has 1 saturated heterocycles. The summed E-state index contributed by atoms with van der Waals surface area (Å²) in [6, 6.07) is 3.85. The van der Waals surface area contributed by atoms with Crippen LogP contribution in [0.1, 0.15) is 38.7 Å². The molecule has 1 fully saturated rings. The van der Waals surface area contributed by atoms with Crippen LogP contribution in [0.15, 0.2) is 23.3 Å². The molecule has 8 heteroatoms. The van der Waals surface area contributed by atoms with Gasteiger partial charge in [0.25, 0.3) is 0 Å². The number of pyridine rings is 1. The van der Waals surface area contributed by atoms with E-state index in [1.165, 1.54) is 0 Å². The van der Waals surface area contributed by atoms with Gasteiger partial charge < -0.3 is 20.3 Å². The molecular formula is C18H30IN5O2. The second kappa shape index (κ2) is 12.7. The van der Waals surface area contributed by atoms with E-state index in [1.54, 1.807) is 6.20 Å². The van der Waals surface area contributed by atoms with E-state index in [4.69, 9.17) is 4.74 Å². The van der Waals surface area contributed by atoms with Gasteiger partial charge in [-0.2, -0.15) is 0 Å². The van der Waals surface area contributed by atoms with Crippen molar-refractivity contribution in [1.29, 1.82) is 0 Å². The summed E-state index contributed by atoms with van der Waals surface area (Å²) < 4.78 is 5.41. The van der Waals surface area contributed by atoms with Crippen LogP contribution in [0.25, 0.3) is 0 Å². The molecule has 1 aromatic rings. The molecule has 1 aliphatic heterocycles. The lowest BCUT2D eigenvalue weighted by molar-refractivity contribution is -0.127. The van der Waals surface area contributed by atoms with Gasteiger partial charge in [-0.25, -0.2) is 9.98 Å². The summed E-state index contributed by atoms with van der Waals surface area (Å²) in [5.41, 5.74) is 1.05. The van der Waals surface area contributed by atoms with Crippen LogP contribution in [-0.2, 0) is 11.3 Å². The molecule has 0 saturated carbocycles. The number of rotatable bonds is 9. The second-order valence-corrected chi connectivity index (χ2v) is 5.90. The number of nitrogens with zero attached hydrogens (tertiary/aromatic N) is 3. The van der Waals surface area contributed by atoms with Crippen LogP contribution in [0.2, 0.25) is 0 Å². The quantitative estimate of drug-likeness (QED) is 0.248. The second-order valence-electron chi connectivity index (χ2n) is 5.90. The van der Waals surface area contributed by atoms with Crippen molar-refractivity contribution in [3.63, 3.8) is 0 Å². The Bertz CT molecular complexity index is 582. The van der Waals surface area contributed by atoms with Gasteiger partial charge in [-0.1, -0.05) is 0 Å². The molecular weight excluding hydrogens is 445 g/mol. The Morgan fingerprint density at radius 2 is 2.23 bits per heavy atom. The van der Waals surface area contributed by atoms with Gasteiger partial charge in [0, 0.05) is 44.9 Å². The molecule has 0 bridgehead atoms. The summed E-state index contributed by atoms with van der Waals surface area (Å²) in [4.78, 5) is 22.3. The molecule has 2 N–H and O–H groups in total. The van der Waals surface area contributed by atoms with Crippen LogP contribution in [-0.4, -0.2) is 54.5 Å². The largest absolute Gasteiger partial charge is 0.478 e. The zero-order chi connectivity index (χ0) is 17.9. The van der Waals surface area contributed by atoms with Crippen molar-refractivity contribution in [2.24, 2.45) is 4.99 Å². The minimum Gasteiger partial charge on any atom is -0.478 e. The first-order chi connectivity index (χ1) is 12.2. The fourth-order valence-corrected chi connectivity index (χ4v) is 2.70. The van der Waals surface area contributed by atoms with Crippen LogP contribution in [0.3, 0.4) is 0 Å². The molecule has 1 aromatic heterocycles. The molecule has 1 aliphatic rings. The molecule has 2 heterocycles. The fraction of sp³-hybridized carbons (Fsp3) is 0.611. The van der Waals surface area contributed by atoms with Crippen molar-refractivity contribution in [3.05, 3.63) is 23.9 Å². The predicted molar refractivity (Wildman–Crippen MR) is 114 cm³/mol. The molecule has 0 unspecified atom stereocenters. The number of carbonyl (C=O) groups is 1. The van der Waals surface area contributed by atoms with Gasteiger partial charge in [0.15, 0.2) is 5.96 Å². The first-order valence-corrected chi connectivity index (χ1v) is 9.10. The van der Waals surface area contributed by atoms with Crippen molar-refractivity contribution in [2.75, 3.05) is 32.8 Å². The average Bonchev–Trinajstić information content (AvgIpc) is 3.02. The standard InChI is InChI=1S/C18H29N5O2.HI/c1-3-19-18(21-9-6-12-23-11-5-7-17(23)24)22-14-15-8-10-20-16(13-15)25-4-2;/h8,10,13H,3-7,9,11-12,14H2,1-2H3,(H2,19,21,22);1H. The molecule has 1 amide bonds. The number of hydrogen-bond donors (Lipinski definition) is 2. The third-order valence-corrected chi connectivity index (χ3v) is 3.92. The van der Waals surface area contributed by atoms with E-state index in [0.29, 0.717) is 25.5 Å². The van der Waals surface area contributed by atoms with Crippen molar-refractivity contribution >= 4 is 35.8 Å². The maximum Gasteiger partial charge on any atom is 0.222 e. The molecule has 2 rings (SSSR count). The minimum atomic E-state index is 0. The van der Waals surface area contributed by atoms with Crippen LogP contribution >= 0.6 is 24.0 Å². The Balaban J connectivity index is 0.00000338. The fourth-order valence-electron chi connectivity index (χ4n) is 2.70. The highest BCUT2D eigenvalue weighted by molar-refractivity contribution is 14.0. The Morgan fingerprint density at radius 3 is 2.92 bits per heavy atom. The number of hydrogen-bond acceptors (Lipinski definition) is 4. The van der Waals surface area contributed by atoms with Gasteiger partial charge in [0.05, 0.1) is 13.2 Å². The van der Waals surface area contributed by atoms with Gasteiger partial charge in [-0.05, 0) is 38.3 Å². The summed E-state index contributed by atoms with van der Waals surface area (Å²) in [5.74, 6) is 1.69. The van der Waals surface area contributed by atoms with Crippen LogP contribution < -0.4 is 15.4 Å². The highest BCUT2D eigenvalue weighted by Crippen LogP contribution is 2.10. The Labute approximate surface area is 173 Å². The van der Waals surface area contributed by atoms with Crippen molar-refractivity contribution in [2.45, 2.75) is 39.7 Å². The predicted octanol–water partition coefficient (Wildman–Crippen LogP) is 2.17. The van der Waals surface area contributed by atoms with E-state index in [1.807, 2.05) is 30.9 Å². The zero-order valence-electron chi connectivity index (χ0n) is 15.7. The zero-order valence-corrected chi connectivity index (χ0v) is 18.0. The topological polar surface area (TPSA) is 78.9 Å². The van der Waals surface area contributed by atoms with Crippen LogP contribution in [0, 0.1) is 0 Å². The van der Waals surface area contributed by atoms with Crippen LogP contribution in [0.5, 0.6) is 5.88 Å². The van der Waals surface area contributed by atoms with E-state index in [2.05, 4.69) is 20.6 Å². The number of carbonyl (C=O) groups excluding carboxylic acids is 1. The average molecular weight is 475 g/mol. The third-order valence-electron chi connectivity index (χ3n) is 3.92. The number of amides is 1. The number of aliphatic imine (C=N–C) groups is 1. The molecule has 7 nitrogen and oxygen atoms in total. The Hall–Kier alpha value is -1.58. The lowest BCUT2D eigenvalue weighted by Crippen LogP contribution is -2.39. The first-order valence-electron chi connectivity index (χ1n) is 9.10. The summed E-state index contributed by atoms with van der Waals surface area (Å²) in [5, 5.41) is 6.56. The number of aromatic nitrogens is 1. The number of nitrogens with one attached hydrogen (secondary N) is 2. The maximum atomic E-state index is 11.6. The molecule has 26 heavy (non-hydrogen) atoms. The van der Waals surface area contributed by atoms with Gasteiger partial charge in [-0.3, -0.25) is 4.79 Å². The molecule has 146 valence electrons. The van der Waals surface area contributed by atoms with Crippen LogP contribution in [0.4, 0.5) is 0 Å². The highest BCUT2D eigenvalue weighted by atomic mass is 127. The first kappa shape index (κ1) is 22.5. The molecule has 0 spiro atoms. The molecule has 0 atom stereocenters. The third kappa shape index (κ3) is 7.76. The van der Waals surface area contributed by atoms with E-state index >= 15 is 0 Å². The van der Waals surface area contributed by atoms with Crippen molar-refractivity contribution in [1.82, 2.24) is 20.5 Å². The normalized spacial score (nSPS) is 14.2. The SMILES string of the molecule is CCNC(=NCc1ccnc(OCC)c1)NCCCN1CCCC1=O.I. The summed E-state index contributed by atoms with van der Waals surface area (Å²) in [7, 11) is 0. The van der Waals surface area contributed by atoms with Gasteiger partial charge >= 0.3 is 0 Å². The smallest absolute Gasteiger partial charge is 0.222 e. The van der Waals surface area contributed by atoms with E-state index in [0.717, 1.165) is 50.5 Å². The minimum absolute atomic E-state index is 0. The lowest BCUT2D eigenvalue weighted by atomic mass is 10.3. The maximum absolute atomic E-state index is 11.6. The summed E-state index contributed by atoms with van der Waals surface area (Å²) in [6.07, 6.45) is 4.35. The lowest BCUT2D eigenvalue weighted by Gasteiger charge is -2.16. The van der Waals surface area contributed by atoms with Crippen molar-refractivity contribution < 1.29 is 9.53 Å². The molecule has 0 aromatic carbocycles. The Kier molecular flexibility index (Phi) is 11.0. The van der Waals surface area contributed by atoms with E-state index in [-0.39, 0.29) is 29.9 Å². The Morgan fingerprint density at radius 1 is 1.38 bits per heavy atom. The number of ether oxygens (including phenoxy) is 1. The number of likely N-dealkylation sites (tertiary alicyclic amines) is 1. The van der Waals surface area contributed by atoms with Crippen molar-refractivity contribution in [3.8, 4) is 5.88 Å². The number of halogens is 1. The van der Waals surface area contributed by atoms with E-state index in [9.17, 15) is 4.79 Å². The monoisotopic (exact) mass is 475 g/mol. The summed E-state index contributed by atoms with van der Waals surface area (Å²) >= 11 is 0. The number of guanidine groups is 1. The molecule has 0 aliphatic carbocycles. The van der Waals surface area contributed by atoms with Gasteiger partial charge in [0.2, 0.25) is 11.8 Å². The highest BCUT2D eigenvalue weighted by Gasteiger charge is 2.18. The summed E-state index contributed by atoms with van der Waals surface area (Å²) in [6.45, 7) is 8.44. The van der Waals surface area contributed by atoms with Gasteiger partial charge in [0.1, 0.15) is 0 Å².